The summed E-state index contributed by atoms with van der Waals surface area (Å²) in [7, 11) is 0. The lowest BCUT2D eigenvalue weighted by molar-refractivity contribution is -0.200. The van der Waals surface area contributed by atoms with E-state index >= 15 is 0 Å². The minimum Gasteiger partial charge on any atom is -0.508 e. The van der Waals surface area contributed by atoms with E-state index in [0.717, 1.165) is 12.8 Å². The zero-order valence-corrected chi connectivity index (χ0v) is 13.2. The number of aliphatic hydroxyl groups excluding tert-OH is 2. The Kier molecular flexibility index (Phi) is 3.06. The molecule has 1 saturated heterocycles. The van der Waals surface area contributed by atoms with Crippen molar-refractivity contribution >= 4 is 0 Å². The summed E-state index contributed by atoms with van der Waals surface area (Å²) in [5, 5.41) is 20.0. The highest BCUT2D eigenvalue weighted by atomic mass is 19.1. The third-order valence-corrected chi connectivity index (χ3v) is 7.03. The van der Waals surface area contributed by atoms with Gasteiger partial charge in [0, 0.05) is 10.8 Å². The molecule has 22 heavy (non-hydrogen) atoms. The fraction of sp³-hybridized carbons (Fsp3) is 0.778. The van der Waals surface area contributed by atoms with Crippen LogP contribution in [0.5, 0.6) is 0 Å². The molecule has 0 aromatic rings. The van der Waals surface area contributed by atoms with Gasteiger partial charge in [-0.2, -0.15) is 0 Å². The normalized spacial score (nSPS) is 56.8. The molecule has 4 aliphatic rings. The molecule has 1 heterocycles. The van der Waals surface area contributed by atoms with E-state index in [4.69, 9.17) is 4.74 Å². The van der Waals surface area contributed by atoms with Crippen molar-refractivity contribution in [1.82, 2.24) is 0 Å². The first-order chi connectivity index (χ1) is 10.4. The number of allylic oxidation sites excluding steroid dienone is 2. The first-order valence-electron chi connectivity index (χ1n) is 8.40. The molecule has 122 valence electrons. The van der Waals surface area contributed by atoms with Crippen molar-refractivity contribution < 1.29 is 19.3 Å². The maximum Gasteiger partial charge on any atom is 0.127 e. The highest BCUT2D eigenvalue weighted by molar-refractivity contribution is 5.27. The Labute approximate surface area is 130 Å². The molecule has 3 unspecified atom stereocenters. The third-order valence-electron chi connectivity index (χ3n) is 7.03. The molecule has 4 rings (SSSR count). The lowest BCUT2D eigenvalue weighted by atomic mass is 9.54. The van der Waals surface area contributed by atoms with E-state index < -0.39 is 17.7 Å². The van der Waals surface area contributed by atoms with Gasteiger partial charge in [-0.05, 0) is 49.2 Å². The second-order valence-corrected chi connectivity index (χ2v) is 8.18. The molecule has 0 spiro atoms. The van der Waals surface area contributed by atoms with Gasteiger partial charge in [0.2, 0.25) is 0 Å². The Hall–Kier alpha value is -0.870. The van der Waals surface area contributed by atoms with Crippen molar-refractivity contribution in [3.63, 3.8) is 0 Å². The number of ether oxygens (including phenoxy) is 1. The topological polar surface area (TPSA) is 49.7 Å². The van der Waals surface area contributed by atoms with E-state index in [1.165, 1.54) is 0 Å². The van der Waals surface area contributed by atoms with Crippen molar-refractivity contribution in [3.8, 4) is 0 Å². The third kappa shape index (κ3) is 1.74. The van der Waals surface area contributed by atoms with Gasteiger partial charge in [-0.1, -0.05) is 19.9 Å². The Morgan fingerprint density at radius 1 is 1.32 bits per heavy atom. The second-order valence-electron chi connectivity index (χ2n) is 8.18. The predicted octanol–water partition coefficient (Wildman–Crippen LogP) is 3.15. The number of alkyl halides is 1. The van der Waals surface area contributed by atoms with Crippen molar-refractivity contribution in [2.45, 2.75) is 51.5 Å². The van der Waals surface area contributed by atoms with Gasteiger partial charge >= 0.3 is 0 Å². The molecule has 2 N–H and O–H groups in total. The largest absolute Gasteiger partial charge is 0.508 e. The number of aliphatic hydroxyl groups is 2. The smallest absolute Gasteiger partial charge is 0.127 e. The van der Waals surface area contributed by atoms with Gasteiger partial charge in [-0.3, -0.25) is 0 Å². The highest BCUT2D eigenvalue weighted by Crippen LogP contribution is 2.60. The Morgan fingerprint density at radius 2 is 2.09 bits per heavy atom. The molecule has 3 nitrogen and oxygen atoms in total. The molecule has 0 aromatic carbocycles. The quantitative estimate of drug-likeness (QED) is 0.723. The van der Waals surface area contributed by atoms with Gasteiger partial charge in [0.1, 0.15) is 11.9 Å². The fourth-order valence-corrected chi connectivity index (χ4v) is 5.63. The molecule has 3 aliphatic carbocycles. The highest BCUT2D eigenvalue weighted by Gasteiger charge is 2.62. The van der Waals surface area contributed by atoms with Crippen LogP contribution in [0, 0.1) is 28.6 Å². The van der Waals surface area contributed by atoms with E-state index in [9.17, 15) is 14.6 Å². The van der Waals surface area contributed by atoms with Crippen LogP contribution in [0.2, 0.25) is 0 Å². The van der Waals surface area contributed by atoms with Crippen LogP contribution in [-0.2, 0) is 4.74 Å². The van der Waals surface area contributed by atoms with Crippen molar-refractivity contribution in [3.05, 3.63) is 24.0 Å². The van der Waals surface area contributed by atoms with Gasteiger partial charge in [-0.25, -0.2) is 4.39 Å². The Morgan fingerprint density at radius 3 is 2.86 bits per heavy atom. The maximum atomic E-state index is 14.1. The summed E-state index contributed by atoms with van der Waals surface area (Å²) in [6.45, 7) is 4.59. The summed E-state index contributed by atoms with van der Waals surface area (Å²) in [6.07, 6.45) is 6.19. The summed E-state index contributed by atoms with van der Waals surface area (Å²) < 4.78 is 20.4. The summed E-state index contributed by atoms with van der Waals surface area (Å²) in [6, 6.07) is 0. The summed E-state index contributed by atoms with van der Waals surface area (Å²) in [4.78, 5) is 0. The van der Waals surface area contributed by atoms with Crippen LogP contribution in [0.3, 0.4) is 0 Å². The number of halogens is 1. The number of hydrogen-bond donors (Lipinski definition) is 2. The maximum absolute atomic E-state index is 14.1. The first kappa shape index (κ1) is 14.7. The molecular formula is C18H25FO3. The van der Waals surface area contributed by atoms with Crippen molar-refractivity contribution in [1.29, 1.82) is 0 Å². The molecule has 4 heteroatoms. The SMILES string of the molecule is C[C@]12C=CC(O)=CC1CC[C@@H]1[C@H]2OC[C@]2(C)C(O)C(F)C[C@@H]12. The summed E-state index contributed by atoms with van der Waals surface area (Å²) >= 11 is 0. The number of fused-ring (bicyclic) bond motifs is 5. The fourth-order valence-electron chi connectivity index (χ4n) is 5.63. The average Bonchev–Trinajstić information content (AvgIpc) is 2.72. The van der Waals surface area contributed by atoms with Crippen LogP contribution in [0.25, 0.3) is 0 Å². The van der Waals surface area contributed by atoms with Crippen molar-refractivity contribution in [2.75, 3.05) is 6.61 Å². The lowest BCUT2D eigenvalue weighted by Gasteiger charge is -2.57. The van der Waals surface area contributed by atoms with Crippen molar-refractivity contribution in [2.24, 2.45) is 28.6 Å². The molecule has 3 fully saturated rings. The van der Waals surface area contributed by atoms with E-state index in [2.05, 4.69) is 13.0 Å². The molecule has 0 amide bonds. The molecule has 0 radical (unpaired) electrons. The molecule has 1 aliphatic heterocycles. The predicted molar refractivity (Wildman–Crippen MR) is 81.0 cm³/mol. The second kappa shape index (κ2) is 4.57. The molecule has 0 bridgehead atoms. The molecule has 0 aromatic heterocycles. The minimum atomic E-state index is -1.13. The zero-order chi connectivity index (χ0) is 15.7. The monoisotopic (exact) mass is 308 g/mol. The minimum absolute atomic E-state index is 0.0439. The van der Waals surface area contributed by atoms with Gasteiger partial charge < -0.3 is 14.9 Å². The van der Waals surface area contributed by atoms with Crippen LogP contribution in [0.15, 0.2) is 24.0 Å². The van der Waals surface area contributed by atoms with E-state index in [1.54, 1.807) is 6.08 Å². The van der Waals surface area contributed by atoms with Crippen LogP contribution in [0.1, 0.15) is 33.1 Å². The average molecular weight is 308 g/mol. The van der Waals surface area contributed by atoms with E-state index in [0.29, 0.717) is 18.8 Å². The first-order valence-corrected chi connectivity index (χ1v) is 8.40. The number of hydrogen-bond acceptors (Lipinski definition) is 3. The van der Waals surface area contributed by atoms with E-state index in [-0.39, 0.29) is 29.3 Å². The van der Waals surface area contributed by atoms with Gasteiger partial charge in [-0.15, -0.1) is 0 Å². The summed E-state index contributed by atoms with van der Waals surface area (Å²) in [5.74, 6) is 1.08. The van der Waals surface area contributed by atoms with Crippen LogP contribution < -0.4 is 0 Å². The Balaban J connectivity index is 1.68. The van der Waals surface area contributed by atoms with Crippen LogP contribution in [0.4, 0.5) is 4.39 Å². The molecule has 8 atom stereocenters. The van der Waals surface area contributed by atoms with Crippen LogP contribution >= 0.6 is 0 Å². The zero-order valence-electron chi connectivity index (χ0n) is 13.2. The number of rotatable bonds is 0. The molecule has 2 saturated carbocycles. The van der Waals surface area contributed by atoms with Gasteiger partial charge in [0.05, 0.1) is 18.8 Å². The van der Waals surface area contributed by atoms with Gasteiger partial charge in [0.15, 0.2) is 0 Å². The van der Waals surface area contributed by atoms with Gasteiger partial charge in [0.25, 0.3) is 0 Å². The Bertz CT molecular complexity index is 544. The van der Waals surface area contributed by atoms with Crippen LogP contribution in [-0.4, -0.2) is 35.2 Å². The lowest BCUT2D eigenvalue weighted by Crippen LogP contribution is -2.58. The van der Waals surface area contributed by atoms with E-state index in [1.807, 2.05) is 13.0 Å². The molecular weight excluding hydrogens is 283 g/mol. The standard InChI is InChI=1S/C18H25FO3/c1-17-6-5-11(20)7-10(17)3-4-12-13-8-14(19)15(21)18(13,2)9-22-16(12)17/h5-7,10,12-16,20-21H,3-4,8-9H2,1-2H3/t10?,12-,13-,14?,15?,16+,17-,18-/m0/s1. The summed E-state index contributed by atoms with van der Waals surface area (Å²) in [5.41, 5.74) is -0.601.